The van der Waals surface area contributed by atoms with Crippen LogP contribution in [0.3, 0.4) is 0 Å². The first-order valence-corrected chi connectivity index (χ1v) is 14.9. The molecule has 1 unspecified atom stereocenters. The Balaban J connectivity index is 1.59. The lowest BCUT2D eigenvalue weighted by Gasteiger charge is -2.34. The van der Waals surface area contributed by atoms with Crippen LogP contribution >= 0.6 is 0 Å². The molecule has 0 saturated carbocycles. The molecule has 0 aliphatic carbocycles. The molecule has 40 heavy (non-hydrogen) atoms. The molecular weight excluding hydrogens is 554 g/mol. The number of carbonyl (C=O) groups is 1. The van der Waals surface area contributed by atoms with Crippen LogP contribution in [-0.4, -0.2) is 69.9 Å². The van der Waals surface area contributed by atoms with Gasteiger partial charge in [-0.25, -0.2) is 17.8 Å². The first kappa shape index (κ1) is 30.0. The molecule has 2 saturated heterocycles. The van der Waals surface area contributed by atoms with Gasteiger partial charge in [-0.05, 0) is 42.5 Å². The van der Waals surface area contributed by atoms with Crippen molar-refractivity contribution in [3.05, 3.63) is 53.0 Å². The number of ether oxygens (including phenoxy) is 1. The first-order chi connectivity index (χ1) is 18.8. The van der Waals surface area contributed by atoms with Crippen molar-refractivity contribution >= 4 is 27.4 Å². The van der Waals surface area contributed by atoms with Crippen molar-refractivity contribution in [2.24, 2.45) is 5.92 Å². The number of piperidine rings is 1. The Hall–Kier alpha value is -2.97. The fourth-order valence-corrected chi connectivity index (χ4v) is 5.46. The van der Waals surface area contributed by atoms with Crippen molar-refractivity contribution in [1.29, 1.82) is 0 Å². The summed E-state index contributed by atoms with van der Waals surface area (Å²) < 4.78 is 85.8. The van der Waals surface area contributed by atoms with E-state index in [0.717, 1.165) is 31.2 Å². The van der Waals surface area contributed by atoms with Gasteiger partial charge in [-0.15, -0.1) is 0 Å². The van der Waals surface area contributed by atoms with Crippen LogP contribution in [0.25, 0.3) is 0 Å². The second-order valence-electron chi connectivity index (χ2n) is 10.2. The molecule has 14 heteroatoms. The Morgan fingerprint density at radius 2 is 1.80 bits per heavy atom. The average Bonchev–Trinajstić information content (AvgIpc) is 2.89. The Morgan fingerprint density at radius 1 is 1.12 bits per heavy atom. The number of hydrogen-bond donors (Lipinski definition) is 2. The zero-order chi connectivity index (χ0) is 29.1. The van der Waals surface area contributed by atoms with Gasteiger partial charge in [0.05, 0.1) is 25.2 Å². The van der Waals surface area contributed by atoms with E-state index in [-0.39, 0.29) is 18.1 Å². The summed E-state index contributed by atoms with van der Waals surface area (Å²) in [5.41, 5.74) is -0.508. The van der Waals surface area contributed by atoms with Gasteiger partial charge >= 0.3 is 6.18 Å². The van der Waals surface area contributed by atoms with Gasteiger partial charge in [0.15, 0.2) is 0 Å². The monoisotopic (exact) mass is 587 g/mol. The molecule has 3 heterocycles. The molecule has 0 spiro atoms. The standard InChI is InChI=1S/C26H33F4N5O4S/c1-17-7-9-35(10-8-17)24-19(4-6-22(32-24)26(28,29)30)16-31-25(36)23(34-11-13-39-14-12-34)18-3-5-21(20(27)15-18)33-40(2,37)38/h3-6,15,17,23,33H,7-14,16H2,1-2H3,(H,31,36). The number of amides is 1. The van der Waals surface area contributed by atoms with Crippen molar-refractivity contribution in [3.63, 3.8) is 0 Å². The van der Waals surface area contributed by atoms with Crippen LogP contribution in [0.4, 0.5) is 29.1 Å². The number of anilines is 2. The molecule has 1 aromatic carbocycles. The van der Waals surface area contributed by atoms with Gasteiger partial charge in [0.2, 0.25) is 15.9 Å². The third kappa shape index (κ3) is 7.61. The minimum atomic E-state index is -4.61. The topological polar surface area (TPSA) is 104 Å². The lowest BCUT2D eigenvalue weighted by Crippen LogP contribution is -2.45. The highest BCUT2D eigenvalue weighted by molar-refractivity contribution is 7.92. The third-order valence-corrected chi connectivity index (χ3v) is 7.64. The van der Waals surface area contributed by atoms with Crippen LogP contribution in [0.15, 0.2) is 30.3 Å². The Labute approximate surface area is 230 Å². The number of sulfonamides is 1. The number of aromatic nitrogens is 1. The second kappa shape index (κ2) is 12.3. The molecule has 1 atom stereocenters. The molecule has 2 N–H and O–H groups in total. The average molecular weight is 588 g/mol. The van der Waals surface area contributed by atoms with Gasteiger partial charge in [0.25, 0.3) is 0 Å². The van der Waals surface area contributed by atoms with Crippen LogP contribution in [-0.2, 0) is 32.3 Å². The predicted octanol–water partition coefficient (Wildman–Crippen LogP) is 3.54. The molecule has 2 aromatic rings. The molecule has 4 rings (SSSR count). The van der Waals surface area contributed by atoms with Gasteiger partial charge in [-0.2, -0.15) is 13.2 Å². The van der Waals surface area contributed by atoms with Gasteiger partial charge in [-0.3, -0.25) is 14.4 Å². The smallest absolute Gasteiger partial charge is 0.379 e. The summed E-state index contributed by atoms with van der Waals surface area (Å²) in [6.45, 7) is 4.63. The number of halogens is 4. The van der Waals surface area contributed by atoms with Crippen LogP contribution in [0.5, 0.6) is 0 Å². The fourth-order valence-electron chi connectivity index (χ4n) is 4.89. The Kier molecular flexibility index (Phi) is 9.20. The van der Waals surface area contributed by atoms with Crippen molar-refractivity contribution in [2.75, 3.05) is 55.3 Å². The maximum Gasteiger partial charge on any atom is 0.433 e. The molecule has 220 valence electrons. The highest BCUT2D eigenvalue weighted by Crippen LogP contribution is 2.32. The molecule has 0 bridgehead atoms. The molecule has 1 aromatic heterocycles. The van der Waals surface area contributed by atoms with E-state index in [1.54, 1.807) is 0 Å². The number of hydrogen-bond acceptors (Lipinski definition) is 7. The summed E-state index contributed by atoms with van der Waals surface area (Å²) in [6, 6.07) is 5.12. The van der Waals surface area contributed by atoms with Crippen LogP contribution in [0.2, 0.25) is 0 Å². The maximum atomic E-state index is 14.8. The van der Waals surface area contributed by atoms with E-state index in [4.69, 9.17) is 4.74 Å². The molecule has 2 aliphatic heterocycles. The van der Waals surface area contributed by atoms with Gasteiger partial charge in [0.1, 0.15) is 23.4 Å². The number of alkyl halides is 3. The molecular formula is C26H33F4N5O4S. The zero-order valence-corrected chi connectivity index (χ0v) is 23.1. The Morgan fingerprint density at radius 3 is 2.40 bits per heavy atom. The summed E-state index contributed by atoms with van der Waals surface area (Å²) in [7, 11) is -3.71. The largest absolute Gasteiger partial charge is 0.433 e. The quantitative estimate of drug-likeness (QED) is 0.456. The van der Waals surface area contributed by atoms with E-state index in [1.165, 1.54) is 18.2 Å². The van der Waals surface area contributed by atoms with E-state index in [0.29, 0.717) is 56.4 Å². The first-order valence-electron chi connectivity index (χ1n) is 13.0. The number of rotatable bonds is 8. The van der Waals surface area contributed by atoms with E-state index in [1.807, 2.05) is 9.80 Å². The lowest BCUT2D eigenvalue weighted by atomic mass is 9.99. The minimum Gasteiger partial charge on any atom is -0.379 e. The van der Waals surface area contributed by atoms with Crippen LogP contribution in [0, 0.1) is 11.7 Å². The zero-order valence-electron chi connectivity index (χ0n) is 22.3. The van der Waals surface area contributed by atoms with Gasteiger partial charge in [0, 0.05) is 38.3 Å². The second-order valence-corrected chi connectivity index (χ2v) is 12.0. The molecule has 2 aliphatic rings. The van der Waals surface area contributed by atoms with E-state index in [9.17, 15) is 30.8 Å². The number of carbonyl (C=O) groups excluding carboxylic acids is 1. The molecule has 1 amide bonds. The van der Waals surface area contributed by atoms with E-state index < -0.39 is 39.7 Å². The van der Waals surface area contributed by atoms with Gasteiger partial charge < -0.3 is 15.0 Å². The highest BCUT2D eigenvalue weighted by Gasteiger charge is 2.35. The van der Waals surface area contributed by atoms with Gasteiger partial charge in [-0.1, -0.05) is 19.1 Å². The van der Waals surface area contributed by atoms with Crippen molar-refractivity contribution < 1.29 is 35.5 Å². The summed E-state index contributed by atoms with van der Waals surface area (Å²) in [4.78, 5) is 21.1. The highest BCUT2D eigenvalue weighted by atomic mass is 32.2. The number of morpholine rings is 1. The normalized spacial score (nSPS) is 18.4. The molecule has 9 nitrogen and oxygen atoms in total. The number of benzene rings is 1. The summed E-state index contributed by atoms with van der Waals surface area (Å²) in [6.07, 6.45) is -2.07. The van der Waals surface area contributed by atoms with E-state index >= 15 is 0 Å². The van der Waals surface area contributed by atoms with Crippen molar-refractivity contribution in [3.8, 4) is 0 Å². The maximum absolute atomic E-state index is 14.8. The SMILES string of the molecule is CC1CCN(c2nc(C(F)(F)F)ccc2CNC(=O)C(c2ccc(NS(C)(=O)=O)c(F)c2)N2CCOCC2)CC1. The summed E-state index contributed by atoms with van der Waals surface area (Å²) in [5, 5.41) is 2.81. The lowest BCUT2D eigenvalue weighted by molar-refractivity contribution is -0.141. The molecule has 2 fully saturated rings. The van der Waals surface area contributed by atoms with E-state index in [2.05, 4.69) is 21.9 Å². The van der Waals surface area contributed by atoms with Crippen LogP contribution in [0.1, 0.15) is 42.6 Å². The Bertz CT molecular complexity index is 1310. The number of nitrogens with zero attached hydrogens (tertiary/aromatic N) is 3. The third-order valence-electron chi connectivity index (χ3n) is 7.05. The van der Waals surface area contributed by atoms with Crippen molar-refractivity contribution in [1.82, 2.24) is 15.2 Å². The summed E-state index contributed by atoms with van der Waals surface area (Å²) >= 11 is 0. The van der Waals surface area contributed by atoms with Crippen molar-refractivity contribution in [2.45, 2.75) is 38.5 Å². The number of nitrogens with one attached hydrogen (secondary N) is 2. The fraction of sp³-hybridized carbons (Fsp3) is 0.538. The van der Waals surface area contributed by atoms with Crippen LogP contribution < -0.4 is 14.9 Å². The summed E-state index contributed by atoms with van der Waals surface area (Å²) in [5.74, 6) is -0.683. The number of pyridine rings is 1. The minimum absolute atomic E-state index is 0.0810. The molecule has 0 radical (unpaired) electrons. The predicted molar refractivity (Wildman–Crippen MR) is 142 cm³/mol.